The Morgan fingerprint density at radius 1 is 0.242 bits per heavy atom. The van der Waals surface area contributed by atoms with E-state index in [0.29, 0.717) is 85.2 Å². The third kappa shape index (κ3) is 19.4. The second kappa shape index (κ2) is 39.9. The van der Waals surface area contributed by atoms with Crippen molar-refractivity contribution in [2.45, 2.75) is 178 Å². The number of nitrogens with zero attached hydrogens (tertiary/aromatic N) is 10. The van der Waals surface area contributed by atoms with Gasteiger partial charge in [0.15, 0.2) is 0 Å². The first kappa shape index (κ1) is 90.7. The Kier molecular flexibility index (Phi) is 29.1. The second-order valence-electron chi connectivity index (χ2n) is 33.3. The first-order valence-electron chi connectivity index (χ1n) is 42.7. The van der Waals surface area contributed by atoms with Crippen LogP contribution in [0, 0.1) is 0 Å². The zero-order valence-corrected chi connectivity index (χ0v) is 73.8. The molecule has 15 heterocycles. The molecule has 5 unspecified atom stereocenters. The summed E-state index contributed by atoms with van der Waals surface area (Å²) >= 11 is 0. The number of hydrogen-bond acceptors (Lipinski definition) is 23. The fourth-order valence-corrected chi connectivity index (χ4v) is 19.0. The van der Waals surface area contributed by atoms with E-state index in [1.165, 1.54) is 44.9 Å². The minimum atomic E-state index is -0.913. The molecule has 15 aliphatic rings. The number of imide groups is 6. The topological polar surface area (TPSA) is 390 Å². The number of benzene rings is 5. The Labute approximate surface area is 742 Å². The van der Waals surface area contributed by atoms with Gasteiger partial charge in [-0.2, -0.15) is 0 Å². The van der Waals surface area contributed by atoms with Gasteiger partial charge in [-0.15, -0.1) is 24.8 Å². The zero-order chi connectivity index (χ0) is 84.3. The predicted octanol–water partition coefficient (Wildman–Crippen LogP) is 4.51. The number of fused-ring (bicyclic) bond motifs is 5. The van der Waals surface area contributed by atoms with E-state index in [0.717, 1.165) is 160 Å². The molecular weight excluding hydrogens is 1690 g/mol. The Bertz CT molecular complexity index is 4770. The third-order valence-corrected chi connectivity index (χ3v) is 25.6. The molecule has 0 radical (unpaired) electrons. The number of carbonyl (C=O) groups excluding carboxylic acids is 16. The first-order chi connectivity index (χ1) is 58.6. The van der Waals surface area contributed by atoms with Crippen LogP contribution < -0.4 is 61.7 Å². The molecule has 10 fully saturated rings. The van der Waals surface area contributed by atoms with Crippen LogP contribution in [0.3, 0.4) is 0 Å². The number of piperidine rings is 8. The van der Waals surface area contributed by atoms with Crippen LogP contribution in [-0.2, 0) is 93.6 Å². The van der Waals surface area contributed by atoms with Crippen molar-refractivity contribution in [2.24, 2.45) is 0 Å². The van der Waals surface area contributed by atoms with Gasteiger partial charge >= 0.3 is 0 Å². The second-order valence-corrected chi connectivity index (χ2v) is 33.3. The Hall–Kier alpha value is -11.1. The van der Waals surface area contributed by atoms with Crippen molar-refractivity contribution in [2.75, 3.05) is 116 Å². The molecule has 7 N–H and O–H groups in total. The molecule has 124 heavy (non-hydrogen) atoms. The summed E-state index contributed by atoms with van der Waals surface area (Å²) in [5, 5.41) is 18.2. The summed E-state index contributed by atoms with van der Waals surface area (Å²) in [6, 6.07) is 26.1. The minimum absolute atomic E-state index is 0. The summed E-state index contributed by atoms with van der Waals surface area (Å²) in [4.78, 5) is 212. The molecule has 5 aromatic rings. The molecule has 0 saturated carbocycles. The molecule has 0 aromatic heterocycles. The van der Waals surface area contributed by atoms with Crippen molar-refractivity contribution in [1.29, 1.82) is 0 Å². The monoisotopic (exact) mass is 1790 g/mol. The van der Waals surface area contributed by atoms with Gasteiger partial charge in [-0.1, -0.05) is 12.1 Å². The molecule has 16 amide bonds. The molecule has 0 spiro atoms. The summed E-state index contributed by atoms with van der Waals surface area (Å²) in [5.41, 5.74) is 12.6. The van der Waals surface area contributed by atoms with E-state index in [9.17, 15) is 76.7 Å². The van der Waals surface area contributed by atoms with Crippen molar-refractivity contribution < 1.29 is 96.2 Å². The third-order valence-electron chi connectivity index (χ3n) is 25.6. The number of anilines is 5. The Balaban J connectivity index is 0.000000132. The summed E-state index contributed by atoms with van der Waals surface area (Å²) in [6.45, 7) is 15.3. The molecule has 5 atom stereocenters. The van der Waals surface area contributed by atoms with E-state index in [1.807, 2.05) is 60.7 Å². The van der Waals surface area contributed by atoms with E-state index >= 15 is 0 Å². The van der Waals surface area contributed by atoms with Crippen molar-refractivity contribution in [3.8, 4) is 0 Å². The predicted molar refractivity (Wildman–Crippen MR) is 456 cm³/mol. The summed E-state index contributed by atoms with van der Waals surface area (Å²) in [5.74, 6) is -4.79. The number of carbonyl (C=O) groups is 16. The molecule has 20 rings (SSSR count). The van der Waals surface area contributed by atoms with Gasteiger partial charge in [-0.05, 0) is 191 Å². The standard InChI is InChI=1S/C18H19N3O4.2C18H21N3O3.2C17H20N4O3.2ClH.Zn/c22-15-7-6-14(16(23)19-15)21-17(24)12-5-4-11(10-13(12)18(21)25)20-8-2-1-3-9-20;22-16-7-6-15(17(23)19-16)21-11-12-10-13(4-5-14(12)18(21)24)20-8-2-1-3-9-20;22-16-7-6-15(17(23)19-16)21-11-12-4-5-13(10-14(12)18(21)24)20-8-2-1-3-9-20;22-15-4-3-14(16(23)19-15)21-10-11-9-12(1-2-13(11)17(21)24)20-7-5-18-6-8-20;22-15-4-3-14(16(23)19-15)21-10-11-1-2-12(9-13(11)17(21)24)20-7-5-18-6-8-20;;;/h4-5,10,14H,1-3,6-9H2,(H,19,22,23);2*4-5,10,15H,1-3,6-9,11H2,(H,19,22,23);2*1-2,9,14,18H,3-8,10H2,(H,19,22,23);2*1H;. The van der Waals surface area contributed by atoms with Crippen molar-refractivity contribution in [3.63, 3.8) is 0 Å². The van der Waals surface area contributed by atoms with Gasteiger partial charge in [-0.25, -0.2) is 0 Å². The van der Waals surface area contributed by atoms with Crippen molar-refractivity contribution in [1.82, 2.24) is 61.7 Å². The van der Waals surface area contributed by atoms with Crippen LogP contribution in [0.1, 0.15) is 206 Å². The molecule has 36 heteroatoms. The SMILES string of the molecule is Cl.Cl.O=C1CCC(N2C(=O)c3ccc(N4CCCCC4)cc3C2=O)C(=O)N1.O=C1CCC(N2Cc3cc(N4CCCCC4)ccc3C2=O)C(=O)N1.O=C1CCC(N2Cc3cc(N4CCNCC4)ccc3C2=O)C(=O)N1.O=C1CCC(N2Cc3ccc(N4CCCCC4)cc3C2=O)C(=O)N1.O=C1CCC(N2Cc3ccc(N4CCNCC4)cc3C2=O)C(=O)N1.[Zn]. The average molecular weight is 1790 g/mol. The molecule has 10 saturated heterocycles. The number of nitrogens with one attached hydrogen (secondary N) is 7. The summed E-state index contributed by atoms with van der Waals surface area (Å²) in [6.07, 6.45) is 13.8. The number of amides is 16. The smallest absolute Gasteiger partial charge is 0.262 e. The van der Waals surface area contributed by atoms with Gasteiger partial charge in [0, 0.05) is 220 Å². The Morgan fingerprint density at radius 2 is 0.492 bits per heavy atom. The van der Waals surface area contributed by atoms with Crippen LogP contribution >= 0.6 is 24.8 Å². The maximum atomic E-state index is 12.8. The van der Waals surface area contributed by atoms with E-state index < -0.39 is 47.9 Å². The molecule has 0 aliphatic carbocycles. The molecular formula is C88H103Cl2N17O16Zn. The minimum Gasteiger partial charge on any atom is -0.372 e. The van der Waals surface area contributed by atoms with Gasteiger partial charge in [-0.3, -0.25) is 108 Å². The fraction of sp³-hybridized carbons (Fsp3) is 0.477. The zero-order valence-electron chi connectivity index (χ0n) is 69.2. The molecule has 652 valence electrons. The normalized spacial score (nSPS) is 23.5. The molecule has 33 nitrogen and oxygen atoms in total. The summed E-state index contributed by atoms with van der Waals surface area (Å²) in [7, 11) is 0. The van der Waals surface area contributed by atoms with Crippen LogP contribution in [0.15, 0.2) is 91.0 Å². The average Bonchev–Trinajstić information content (AvgIpc) is 1.59. The van der Waals surface area contributed by atoms with Gasteiger partial charge in [0.2, 0.25) is 59.1 Å². The number of halogens is 2. The van der Waals surface area contributed by atoms with Crippen molar-refractivity contribution >= 4 is 148 Å². The summed E-state index contributed by atoms with van der Waals surface area (Å²) < 4.78 is 0. The quantitative estimate of drug-likeness (QED) is 0.0747. The number of rotatable bonds is 10. The van der Waals surface area contributed by atoms with E-state index in [2.05, 4.69) is 79.9 Å². The van der Waals surface area contributed by atoms with Crippen LogP contribution in [0.2, 0.25) is 0 Å². The van der Waals surface area contributed by atoms with E-state index in [-0.39, 0.29) is 160 Å². The van der Waals surface area contributed by atoms with Crippen LogP contribution in [-0.4, -0.2) is 241 Å². The molecule has 15 aliphatic heterocycles. The van der Waals surface area contributed by atoms with Crippen LogP contribution in [0.4, 0.5) is 28.4 Å². The molecule has 5 aromatic carbocycles. The van der Waals surface area contributed by atoms with Crippen molar-refractivity contribution in [3.05, 3.63) is 147 Å². The Morgan fingerprint density at radius 3 is 0.806 bits per heavy atom. The van der Waals surface area contributed by atoms with Gasteiger partial charge in [0.05, 0.1) is 11.1 Å². The van der Waals surface area contributed by atoms with Gasteiger partial charge in [0.25, 0.3) is 35.4 Å². The van der Waals surface area contributed by atoms with Crippen LogP contribution in [0.25, 0.3) is 0 Å². The first-order valence-corrected chi connectivity index (χ1v) is 42.7. The van der Waals surface area contributed by atoms with E-state index in [4.69, 9.17) is 0 Å². The maximum Gasteiger partial charge on any atom is 0.262 e. The fourth-order valence-electron chi connectivity index (χ4n) is 19.0. The maximum absolute atomic E-state index is 12.8. The number of hydrogen-bond donors (Lipinski definition) is 7. The van der Waals surface area contributed by atoms with Crippen LogP contribution in [0.5, 0.6) is 0 Å². The van der Waals surface area contributed by atoms with E-state index in [1.54, 1.807) is 31.7 Å². The van der Waals surface area contributed by atoms with Gasteiger partial charge < -0.3 is 54.7 Å². The number of piperazine rings is 2. The van der Waals surface area contributed by atoms with Gasteiger partial charge in [0.1, 0.15) is 30.2 Å². The molecule has 0 bridgehead atoms. The largest absolute Gasteiger partial charge is 0.372 e.